The fourth-order valence-corrected chi connectivity index (χ4v) is 3.24. The van der Waals surface area contributed by atoms with E-state index in [1.54, 1.807) is 11.4 Å². The van der Waals surface area contributed by atoms with Crippen molar-refractivity contribution >= 4 is 55.7 Å². The van der Waals surface area contributed by atoms with E-state index in [0.29, 0.717) is 11.3 Å². The van der Waals surface area contributed by atoms with Crippen LogP contribution in [-0.2, 0) is 0 Å². The molecule has 0 saturated heterocycles. The van der Waals surface area contributed by atoms with Gasteiger partial charge in [-0.2, -0.15) is 0 Å². The molecule has 14 heavy (non-hydrogen) atoms. The lowest BCUT2D eigenvalue weighted by molar-refractivity contribution is 0.0699. The lowest BCUT2D eigenvalue weighted by atomic mass is 10.1. The van der Waals surface area contributed by atoms with Gasteiger partial charge in [0.1, 0.15) is 0 Å². The molecule has 0 aliphatic rings. The molecule has 1 heterocycles. The lowest BCUT2D eigenvalue weighted by Gasteiger charge is -1.98. The number of nitrogen functional groups attached to an aromatic ring is 1. The highest BCUT2D eigenvalue weighted by atomic mass is 127. The van der Waals surface area contributed by atoms with E-state index >= 15 is 0 Å². The molecule has 0 amide bonds. The predicted octanol–water partition coefficient (Wildman–Crippen LogP) is 2.79. The van der Waals surface area contributed by atoms with Crippen LogP contribution < -0.4 is 5.73 Å². The van der Waals surface area contributed by atoms with Crippen molar-refractivity contribution in [1.29, 1.82) is 0 Å². The van der Waals surface area contributed by atoms with Gasteiger partial charge in [-0.25, -0.2) is 4.79 Å². The second-order valence-electron chi connectivity index (χ2n) is 2.83. The maximum Gasteiger partial charge on any atom is 0.337 e. The summed E-state index contributed by atoms with van der Waals surface area (Å²) in [6, 6.07) is 3.54. The number of anilines is 1. The van der Waals surface area contributed by atoms with E-state index in [1.165, 1.54) is 11.3 Å². The Labute approximate surface area is 97.7 Å². The molecule has 5 heteroatoms. The SMILES string of the molecule is Nc1cc(I)c2scc(C(=O)O)c2c1. The number of aromatic carboxylic acids is 1. The normalized spacial score (nSPS) is 10.6. The summed E-state index contributed by atoms with van der Waals surface area (Å²) in [6.45, 7) is 0. The summed E-state index contributed by atoms with van der Waals surface area (Å²) in [5.74, 6) is -0.905. The Morgan fingerprint density at radius 1 is 1.50 bits per heavy atom. The van der Waals surface area contributed by atoms with Gasteiger partial charge in [0.2, 0.25) is 0 Å². The number of hydrogen-bond donors (Lipinski definition) is 2. The van der Waals surface area contributed by atoms with E-state index in [9.17, 15) is 4.79 Å². The first-order valence-corrected chi connectivity index (χ1v) is 5.75. The van der Waals surface area contributed by atoms with Gasteiger partial charge in [-0.15, -0.1) is 11.3 Å². The predicted molar refractivity (Wildman–Crippen MR) is 65.9 cm³/mol. The third-order valence-electron chi connectivity index (χ3n) is 1.88. The average molecular weight is 319 g/mol. The van der Waals surface area contributed by atoms with Crippen LogP contribution in [0.3, 0.4) is 0 Å². The number of benzene rings is 1. The molecule has 1 aromatic carbocycles. The van der Waals surface area contributed by atoms with Crippen molar-refractivity contribution in [3.05, 3.63) is 26.6 Å². The second kappa shape index (κ2) is 3.39. The largest absolute Gasteiger partial charge is 0.478 e. The van der Waals surface area contributed by atoms with Crippen LogP contribution in [0.4, 0.5) is 5.69 Å². The Balaban J connectivity index is 2.85. The number of carboxylic acids is 1. The van der Waals surface area contributed by atoms with E-state index in [2.05, 4.69) is 22.6 Å². The number of thiophene rings is 1. The first kappa shape index (κ1) is 9.72. The van der Waals surface area contributed by atoms with Gasteiger partial charge >= 0.3 is 5.97 Å². The van der Waals surface area contributed by atoms with Crippen molar-refractivity contribution in [2.75, 3.05) is 5.73 Å². The van der Waals surface area contributed by atoms with Crippen molar-refractivity contribution in [3.8, 4) is 0 Å². The van der Waals surface area contributed by atoms with Crippen molar-refractivity contribution in [2.24, 2.45) is 0 Å². The van der Waals surface area contributed by atoms with Gasteiger partial charge in [0, 0.05) is 24.7 Å². The highest BCUT2D eigenvalue weighted by Crippen LogP contribution is 2.32. The van der Waals surface area contributed by atoms with E-state index in [-0.39, 0.29) is 0 Å². The molecule has 0 bridgehead atoms. The smallest absolute Gasteiger partial charge is 0.337 e. The third-order valence-corrected chi connectivity index (χ3v) is 4.13. The number of hydrogen-bond acceptors (Lipinski definition) is 3. The molecule has 0 fully saturated rings. The van der Waals surface area contributed by atoms with E-state index in [1.807, 2.05) is 6.07 Å². The fraction of sp³-hybridized carbons (Fsp3) is 0. The molecule has 3 N–H and O–H groups in total. The van der Waals surface area contributed by atoms with E-state index in [4.69, 9.17) is 10.8 Å². The molecule has 0 radical (unpaired) electrons. The Bertz CT molecular complexity index is 521. The summed E-state index contributed by atoms with van der Waals surface area (Å²) in [5, 5.41) is 11.3. The van der Waals surface area contributed by atoms with Crippen molar-refractivity contribution in [3.63, 3.8) is 0 Å². The van der Waals surface area contributed by atoms with Crippen LogP contribution in [0.1, 0.15) is 10.4 Å². The quantitative estimate of drug-likeness (QED) is 0.627. The maximum atomic E-state index is 10.9. The first-order chi connectivity index (χ1) is 6.59. The Morgan fingerprint density at radius 2 is 2.21 bits per heavy atom. The maximum absolute atomic E-state index is 10.9. The first-order valence-electron chi connectivity index (χ1n) is 3.79. The zero-order chi connectivity index (χ0) is 10.3. The van der Waals surface area contributed by atoms with Crippen LogP contribution in [0.2, 0.25) is 0 Å². The summed E-state index contributed by atoms with van der Waals surface area (Å²) < 4.78 is 1.98. The summed E-state index contributed by atoms with van der Waals surface area (Å²) in [5.41, 5.74) is 6.59. The lowest BCUT2D eigenvalue weighted by Crippen LogP contribution is -1.94. The van der Waals surface area contributed by atoms with E-state index < -0.39 is 5.97 Å². The molecule has 2 aromatic rings. The average Bonchev–Trinajstić information content (AvgIpc) is 2.47. The number of carbonyl (C=O) groups is 1. The summed E-state index contributed by atoms with van der Waals surface area (Å²) in [4.78, 5) is 10.9. The molecule has 0 saturated carbocycles. The number of carboxylic acid groups (broad SMARTS) is 1. The van der Waals surface area contributed by atoms with E-state index in [0.717, 1.165) is 13.7 Å². The minimum Gasteiger partial charge on any atom is -0.478 e. The van der Waals surface area contributed by atoms with Gasteiger partial charge in [-0.3, -0.25) is 0 Å². The van der Waals surface area contributed by atoms with Crippen LogP contribution in [0, 0.1) is 3.57 Å². The van der Waals surface area contributed by atoms with Gasteiger partial charge in [0.15, 0.2) is 0 Å². The van der Waals surface area contributed by atoms with Crippen molar-refractivity contribution in [1.82, 2.24) is 0 Å². The molecule has 0 atom stereocenters. The molecule has 3 nitrogen and oxygen atoms in total. The standard InChI is InChI=1S/C9H6INO2S/c10-7-2-4(11)1-5-6(9(12)13)3-14-8(5)7/h1-3H,11H2,(H,12,13). The monoisotopic (exact) mass is 319 g/mol. The van der Waals surface area contributed by atoms with Crippen molar-refractivity contribution < 1.29 is 9.90 Å². The van der Waals surface area contributed by atoms with Gasteiger partial charge in [0.25, 0.3) is 0 Å². The number of rotatable bonds is 1. The van der Waals surface area contributed by atoms with Gasteiger partial charge < -0.3 is 10.8 Å². The number of fused-ring (bicyclic) bond motifs is 1. The Morgan fingerprint density at radius 3 is 2.86 bits per heavy atom. The molecule has 72 valence electrons. The minimum atomic E-state index is -0.905. The summed E-state index contributed by atoms with van der Waals surface area (Å²) in [6.07, 6.45) is 0. The zero-order valence-corrected chi connectivity index (χ0v) is 9.93. The van der Waals surface area contributed by atoms with Gasteiger partial charge in [0.05, 0.1) is 5.56 Å². The van der Waals surface area contributed by atoms with Crippen LogP contribution in [0.15, 0.2) is 17.5 Å². The van der Waals surface area contributed by atoms with Crippen LogP contribution in [0.5, 0.6) is 0 Å². The summed E-state index contributed by atoms with van der Waals surface area (Å²) in [7, 11) is 0. The molecule has 1 aromatic heterocycles. The van der Waals surface area contributed by atoms with Gasteiger partial charge in [-0.1, -0.05) is 0 Å². The van der Waals surface area contributed by atoms with Crippen LogP contribution in [-0.4, -0.2) is 11.1 Å². The molecule has 0 spiro atoms. The third kappa shape index (κ3) is 1.46. The second-order valence-corrected chi connectivity index (χ2v) is 4.88. The Kier molecular flexibility index (Phi) is 2.36. The highest BCUT2D eigenvalue weighted by Gasteiger charge is 2.12. The molecule has 2 rings (SSSR count). The van der Waals surface area contributed by atoms with Crippen molar-refractivity contribution in [2.45, 2.75) is 0 Å². The number of halogens is 1. The Hall–Kier alpha value is -0.820. The molecule has 0 aliphatic carbocycles. The molecule has 0 unspecified atom stereocenters. The number of nitrogens with two attached hydrogens (primary N) is 1. The van der Waals surface area contributed by atoms with Crippen LogP contribution >= 0.6 is 33.9 Å². The fourth-order valence-electron chi connectivity index (χ4n) is 1.28. The molecule has 0 aliphatic heterocycles. The van der Waals surface area contributed by atoms with Gasteiger partial charge in [-0.05, 0) is 34.7 Å². The zero-order valence-electron chi connectivity index (χ0n) is 6.95. The highest BCUT2D eigenvalue weighted by molar-refractivity contribution is 14.1. The molecular formula is C9H6INO2S. The van der Waals surface area contributed by atoms with Crippen LogP contribution in [0.25, 0.3) is 10.1 Å². The summed E-state index contributed by atoms with van der Waals surface area (Å²) >= 11 is 3.59. The molecular weight excluding hydrogens is 313 g/mol. The minimum absolute atomic E-state index is 0.329. The topological polar surface area (TPSA) is 63.3 Å².